The second-order valence-corrected chi connectivity index (χ2v) is 6.44. The number of carbonyl (C=O) groups is 2. The van der Waals surface area contributed by atoms with Gasteiger partial charge >= 0.3 is 0 Å². The Morgan fingerprint density at radius 3 is 2.63 bits per heavy atom. The summed E-state index contributed by atoms with van der Waals surface area (Å²) in [7, 11) is 0. The maximum atomic E-state index is 13.9. The highest BCUT2D eigenvalue weighted by Crippen LogP contribution is 2.29. The predicted molar refractivity (Wildman–Crippen MR) is 97.9 cm³/mol. The number of hydrogen-bond acceptors (Lipinski definition) is 5. The van der Waals surface area contributed by atoms with Gasteiger partial charge in [-0.2, -0.15) is 0 Å². The molecular formula is C19H21FN4O3. The zero-order valence-corrected chi connectivity index (χ0v) is 14.7. The summed E-state index contributed by atoms with van der Waals surface area (Å²) in [5.74, 6) is -1.11. The van der Waals surface area contributed by atoms with Crippen LogP contribution in [0.5, 0.6) is 0 Å². The van der Waals surface area contributed by atoms with Gasteiger partial charge in [0.1, 0.15) is 11.6 Å². The summed E-state index contributed by atoms with van der Waals surface area (Å²) in [6, 6.07) is 9.30. The second kappa shape index (κ2) is 8.13. The number of aromatic nitrogens is 1. The number of nitrogens with one attached hydrogen (secondary N) is 2. The number of anilines is 2. The number of pyridine rings is 1. The number of carbonyl (C=O) groups excluding carboxylic acids is 2. The van der Waals surface area contributed by atoms with Crippen molar-refractivity contribution in [3.8, 4) is 0 Å². The van der Waals surface area contributed by atoms with E-state index in [0.29, 0.717) is 26.1 Å². The molecule has 3 rings (SSSR count). The third-order valence-corrected chi connectivity index (χ3v) is 4.74. The molecule has 2 heterocycles. The number of primary amides is 1. The van der Waals surface area contributed by atoms with E-state index in [9.17, 15) is 14.0 Å². The molecule has 8 heteroatoms. The van der Waals surface area contributed by atoms with E-state index < -0.39 is 23.0 Å². The highest BCUT2D eigenvalue weighted by atomic mass is 19.1. The monoisotopic (exact) mass is 372 g/mol. The summed E-state index contributed by atoms with van der Waals surface area (Å²) in [5, 5.41) is 5.60. The number of rotatable bonds is 6. The molecule has 2 aromatic rings. The standard InChI is InChI=1S/C19H21FN4O3/c20-14-5-1-2-6-15(14)24-16-13(4-3-9-22-16)17(25)23-12-19(18(21)26)7-10-27-11-8-19/h1-6,9H,7-8,10-12H2,(H2,21,26)(H,22,24)(H,23,25). The van der Waals surface area contributed by atoms with Crippen molar-refractivity contribution in [2.75, 3.05) is 25.1 Å². The third kappa shape index (κ3) is 4.22. The minimum absolute atomic E-state index is 0.110. The van der Waals surface area contributed by atoms with Gasteiger partial charge in [-0.3, -0.25) is 9.59 Å². The summed E-state index contributed by atoms with van der Waals surface area (Å²) < 4.78 is 19.2. The number of nitrogens with two attached hydrogens (primary N) is 1. The molecule has 0 bridgehead atoms. The number of ether oxygens (including phenoxy) is 1. The quantitative estimate of drug-likeness (QED) is 0.719. The molecule has 1 aliphatic heterocycles. The van der Waals surface area contributed by atoms with Gasteiger partial charge in [-0.1, -0.05) is 12.1 Å². The van der Waals surface area contributed by atoms with Crippen LogP contribution >= 0.6 is 0 Å². The molecule has 1 aliphatic rings. The summed E-state index contributed by atoms with van der Waals surface area (Å²) in [6.45, 7) is 0.955. The van der Waals surface area contributed by atoms with Gasteiger partial charge in [-0.05, 0) is 37.1 Å². The molecular weight excluding hydrogens is 351 g/mol. The molecule has 1 fully saturated rings. The first kappa shape index (κ1) is 18.8. The average molecular weight is 372 g/mol. The molecule has 4 N–H and O–H groups in total. The van der Waals surface area contributed by atoms with Crippen LogP contribution in [0, 0.1) is 11.2 Å². The van der Waals surface area contributed by atoms with Crippen LogP contribution in [0.3, 0.4) is 0 Å². The predicted octanol–water partition coefficient (Wildman–Crippen LogP) is 1.98. The number of benzene rings is 1. The molecule has 0 saturated carbocycles. The summed E-state index contributed by atoms with van der Waals surface area (Å²) in [4.78, 5) is 28.7. The van der Waals surface area contributed by atoms with Gasteiger partial charge in [-0.25, -0.2) is 9.37 Å². The van der Waals surface area contributed by atoms with Gasteiger partial charge < -0.3 is 21.1 Å². The van der Waals surface area contributed by atoms with Gasteiger partial charge in [0, 0.05) is 26.0 Å². The molecule has 7 nitrogen and oxygen atoms in total. The maximum absolute atomic E-state index is 13.9. The molecule has 1 aromatic heterocycles. The molecule has 0 unspecified atom stereocenters. The largest absolute Gasteiger partial charge is 0.381 e. The molecule has 1 aromatic carbocycles. The minimum atomic E-state index is -0.824. The molecule has 0 aliphatic carbocycles. The van der Waals surface area contributed by atoms with E-state index in [-0.39, 0.29) is 23.6 Å². The molecule has 0 radical (unpaired) electrons. The fourth-order valence-corrected chi connectivity index (χ4v) is 3.00. The van der Waals surface area contributed by atoms with Crippen LogP contribution in [0.4, 0.5) is 15.9 Å². The number of amides is 2. The van der Waals surface area contributed by atoms with Gasteiger partial charge in [0.25, 0.3) is 5.91 Å². The van der Waals surface area contributed by atoms with E-state index in [2.05, 4.69) is 15.6 Å². The smallest absolute Gasteiger partial charge is 0.255 e. The Balaban J connectivity index is 1.75. The maximum Gasteiger partial charge on any atom is 0.255 e. The first-order chi connectivity index (χ1) is 13.0. The van der Waals surface area contributed by atoms with Crippen LogP contribution in [0.15, 0.2) is 42.6 Å². The van der Waals surface area contributed by atoms with E-state index in [1.165, 1.54) is 12.3 Å². The first-order valence-electron chi connectivity index (χ1n) is 8.64. The van der Waals surface area contributed by atoms with Crippen molar-refractivity contribution < 1.29 is 18.7 Å². The highest BCUT2D eigenvalue weighted by Gasteiger charge is 2.38. The van der Waals surface area contributed by atoms with Crippen LogP contribution in [-0.2, 0) is 9.53 Å². The van der Waals surface area contributed by atoms with Crippen LogP contribution in [0.1, 0.15) is 23.2 Å². The van der Waals surface area contributed by atoms with E-state index in [0.717, 1.165) is 0 Å². The van der Waals surface area contributed by atoms with Crippen molar-refractivity contribution in [2.24, 2.45) is 11.1 Å². The Morgan fingerprint density at radius 2 is 1.93 bits per heavy atom. The van der Waals surface area contributed by atoms with Crippen molar-refractivity contribution in [2.45, 2.75) is 12.8 Å². The third-order valence-electron chi connectivity index (χ3n) is 4.74. The van der Waals surface area contributed by atoms with E-state index in [1.54, 1.807) is 30.3 Å². The molecule has 0 atom stereocenters. The number of para-hydroxylation sites is 1. The minimum Gasteiger partial charge on any atom is -0.381 e. The molecule has 2 amide bonds. The number of halogens is 1. The van der Waals surface area contributed by atoms with Crippen molar-refractivity contribution in [1.82, 2.24) is 10.3 Å². The Morgan fingerprint density at radius 1 is 1.19 bits per heavy atom. The van der Waals surface area contributed by atoms with E-state index in [4.69, 9.17) is 10.5 Å². The molecule has 142 valence electrons. The topological polar surface area (TPSA) is 106 Å². The normalized spacial score (nSPS) is 15.7. The average Bonchev–Trinajstić information content (AvgIpc) is 2.69. The second-order valence-electron chi connectivity index (χ2n) is 6.44. The zero-order valence-electron chi connectivity index (χ0n) is 14.7. The lowest BCUT2D eigenvalue weighted by molar-refractivity contribution is -0.132. The fourth-order valence-electron chi connectivity index (χ4n) is 3.00. The van der Waals surface area contributed by atoms with Gasteiger partial charge in [0.15, 0.2) is 0 Å². The molecule has 1 saturated heterocycles. The lowest BCUT2D eigenvalue weighted by Crippen LogP contribution is -2.49. The Hall–Kier alpha value is -3.00. The van der Waals surface area contributed by atoms with E-state index >= 15 is 0 Å². The lowest BCUT2D eigenvalue weighted by Gasteiger charge is -2.34. The van der Waals surface area contributed by atoms with E-state index in [1.807, 2.05) is 0 Å². The highest BCUT2D eigenvalue weighted by molar-refractivity contribution is 5.99. The number of nitrogens with zero attached hydrogens (tertiary/aromatic N) is 1. The van der Waals surface area contributed by atoms with Crippen LogP contribution < -0.4 is 16.4 Å². The van der Waals surface area contributed by atoms with Crippen molar-refractivity contribution >= 4 is 23.3 Å². The summed E-state index contributed by atoms with van der Waals surface area (Å²) in [6.07, 6.45) is 2.41. The lowest BCUT2D eigenvalue weighted by atomic mass is 9.79. The zero-order chi connectivity index (χ0) is 19.3. The summed E-state index contributed by atoms with van der Waals surface area (Å²) >= 11 is 0. The first-order valence-corrected chi connectivity index (χ1v) is 8.64. The fraction of sp³-hybridized carbons (Fsp3) is 0.316. The molecule has 27 heavy (non-hydrogen) atoms. The number of hydrogen-bond donors (Lipinski definition) is 3. The van der Waals surface area contributed by atoms with Crippen molar-refractivity contribution in [3.05, 3.63) is 54.0 Å². The van der Waals surface area contributed by atoms with Crippen molar-refractivity contribution in [1.29, 1.82) is 0 Å². The van der Waals surface area contributed by atoms with Crippen LogP contribution in [0.2, 0.25) is 0 Å². The van der Waals surface area contributed by atoms with Gasteiger partial charge in [-0.15, -0.1) is 0 Å². The van der Waals surface area contributed by atoms with Crippen LogP contribution in [0.25, 0.3) is 0 Å². The summed E-state index contributed by atoms with van der Waals surface area (Å²) in [5.41, 5.74) is 5.19. The Labute approximate surface area is 156 Å². The molecule has 0 spiro atoms. The Bertz CT molecular complexity index is 837. The SMILES string of the molecule is NC(=O)C1(CNC(=O)c2cccnc2Nc2ccccc2F)CCOCC1. The van der Waals surface area contributed by atoms with Gasteiger partial charge in [0.05, 0.1) is 16.7 Å². The van der Waals surface area contributed by atoms with Gasteiger partial charge in [0.2, 0.25) is 5.91 Å². The van der Waals surface area contributed by atoms with Crippen molar-refractivity contribution in [3.63, 3.8) is 0 Å². The van der Waals surface area contributed by atoms with Crippen LogP contribution in [-0.4, -0.2) is 36.6 Å². The Kier molecular flexibility index (Phi) is 5.66.